The topological polar surface area (TPSA) is 19.1 Å². The highest BCUT2D eigenvalue weighted by Gasteiger charge is 2.54. The second-order valence-electron chi connectivity index (χ2n) is 25.6. The molecule has 10 aromatic carbocycles. The maximum absolute atomic E-state index is 7.84. The van der Waals surface area contributed by atoms with Gasteiger partial charge < -0.3 is 13.9 Å². The first-order valence-electron chi connectivity index (χ1n) is 27.7. The molecule has 0 amide bonds. The molecular formula is C73H59BN2O. The highest BCUT2D eigenvalue weighted by Crippen LogP contribution is 2.64. The summed E-state index contributed by atoms with van der Waals surface area (Å²) in [5.41, 5.74) is 27.0. The predicted molar refractivity (Wildman–Crippen MR) is 324 cm³/mol. The maximum Gasteiger partial charge on any atom is 0.256 e. The van der Waals surface area contributed by atoms with Crippen molar-refractivity contribution in [3.05, 3.63) is 233 Å². The number of aromatic nitrogens is 2. The zero-order chi connectivity index (χ0) is 52.2. The Balaban J connectivity index is 1.06. The van der Waals surface area contributed by atoms with E-state index in [0.717, 1.165) is 17.1 Å². The molecule has 0 N–H and O–H groups in total. The standard InChI is InChI=1S/C73H59BN2O/c1-70(2,3)44-22-20-21-42(35-44)43-36-62-66-63(37-43)77-69-58(34-33-57-64(69)51-26-12-17-30-56(51)73(57)54-28-15-10-23-48(54)49-24-11-16-29-55(49)73)74(66)59-41-53-50-25-13-18-31-60(50)75(47-39-45(71(4,5)6)38-46(40-47)72(7,8)9)67(53)65-52-27-14-19-32-61(52)76(62)68(59)65/h10-41H,1-9H3. The maximum atomic E-state index is 7.84. The average Bonchev–Trinajstić information content (AvgIpc) is 3.86. The Hall–Kier alpha value is -8.34. The van der Waals surface area contributed by atoms with E-state index in [0.29, 0.717) is 0 Å². The summed E-state index contributed by atoms with van der Waals surface area (Å²) in [7, 11) is 0. The molecule has 12 aromatic rings. The number of nitrogens with zero attached hydrogens (tertiary/aromatic N) is 2. The first kappa shape index (κ1) is 44.9. The van der Waals surface area contributed by atoms with Gasteiger partial charge in [0.2, 0.25) is 0 Å². The summed E-state index contributed by atoms with van der Waals surface area (Å²) in [5.74, 6) is 1.88. The number of hydrogen-bond acceptors (Lipinski definition) is 1. The van der Waals surface area contributed by atoms with E-state index < -0.39 is 5.41 Å². The molecule has 0 fully saturated rings. The van der Waals surface area contributed by atoms with Crippen LogP contribution in [0.3, 0.4) is 0 Å². The lowest BCUT2D eigenvalue weighted by atomic mass is 9.34. The third-order valence-electron chi connectivity index (χ3n) is 18.2. The van der Waals surface area contributed by atoms with Crippen molar-refractivity contribution in [1.29, 1.82) is 0 Å². The number of benzene rings is 10. The van der Waals surface area contributed by atoms with Crippen LogP contribution in [0, 0.1) is 0 Å². The Bertz CT molecular complexity index is 4540. The minimum atomic E-state index is -0.498. The molecule has 1 spiro atoms. The molecule has 3 nitrogen and oxygen atoms in total. The monoisotopic (exact) mass is 990 g/mol. The first-order valence-corrected chi connectivity index (χ1v) is 27.7. The molecule has 77 heavy (non-hydrogen) atoms. The number of fused-ring (bicyclic) bond motifs is 22. The molecule has 4 aliphatic rings. The second kappa shape index (κ2) is 15.0. The van der Waals surface area contributed by atoms with Crippen LogP contribution in [0.25, 0.3) is 88.4 Å². The summed E-state index contributed by atoms with van der Waals surface area (Å²) in [6.45, 7) is 20.9. The highest BCUT2D eigenvalue weighted by molar-refractivity contribution is 6.99. The minimum absolute atomic E-state index is 0.0218. The van der Waals surface area contributed by atoms with Crippen molar-refractivity contribution >= 4 is 66.7 Å². The van der Waals surface area contributed by atoms with Crippen LogP contribution in [0.2, 0.25) is 0 Å². The van der Waals surface area contributed by atoms with E-state index in [1.807, 2.05) is 0 Å². The minimum Gasteiger partial charge on any atom is -0.458 e. The fourth-order valence-corrected chi connectivity index (χ4v) is 14.6. The van der Waals surface area contributed by atoms with Crippen LogP contribution < -0.4 is 21.1 Å². The third-order valence-corrected chi connectivity index (χ3v) is 18.2. The predicted octanol–water partition coefficient (Wildman–Crippen LogP) is 16.7. The largest absolute Gasteiger partial charge is 0.458 e. The van der Waals surface area contributed by atoms with Gasteiger partial charge in [-0.05, 0) is 136 Å². The highest BCUT2D eigenvalue weighted by atomic mass is 16.5. The molecule has 4 heteroatoms. The van der Waals surface area contributed by atoms with Gasteiger partial charge in [-0.2, -0.15) is 0 Å². The Kier molecular flexibility index (Phi) is 8.74. The van der Waals surface area contributed by atoms with Crippen LogP contribution in [-0.4, -0.2) is 15.8 Å². The summed E-state index contributed by atoms with van der Waals surface area (Å²) in [5, 5.41) is 5.06. The van der Waals surface area contributed by atoms with Crippen molar-refractivity contribution < 1.29 is 4.74 Å². The molecule has 4 heterocycles. The van der Waals surface area contributed by atoms with Gasteiger partial charge in [-0.15, -0.1) is 0 Å². The van der Waals surface area contributed by atoms with Crippen LogP contribution in [0.15, 0.2) is 194 Å². The molecule has 0 bridgehead atoms. The molecule has 2 aromatic heterocycles. The molecule has 0 radical (unpaired) electrons. The summed E-state index contributed by atoms with van der Waals surface area (Å²) in [4.78, 5) is 0. The van der Waals surface area contributed by atoms with Crippen LogP contribution in [0.1, 0.15) is 101 Å². The van der Waals surface area contributed by atoms with Crippen molar-refractivity contribution in [3.63, 3.8) is 0 Å². The van der Waals surface area contributed by atoms with E-state index in [2.05, 4.69) is 266 Å². The molecule has 2 aliphatic heterocycles. The number of ether oxygens (including phenoxy) is 1. The Morgan fingerprint density at radius 1 is 0.416 bits per heavy atom. The van der Waals surface area contributed by atoms with E-state index in [-0.39, 0.29) is 23.0 Å². The molecule has 0 atom stereocenters. The van der Waals surface area contributed by atoms with Crippen molar-refractivity contribution in [2.45, 2.75) is 84.0 Å². The fraction of sp³-hybridized carbons (Fsp3) is 0.178. The second-order valence-corrected chi connectivity index (χ2v) is 25.6. The average molecular weight is 991 g/mol. The number of hydrogen-bond donors (Lipinski definition) is 0. The van der Waals surface area contributed by atoms with E-state index >= 15 is 0 Å². The zero-order valence-electron chi connectivity index (χ0n) is 45.4. The smallest absolute Gasteiger partial charge is 0.256 e. The Morgan fingerprint density at radius 2 is 1.00 bits per heavy atom. The van der Waals surface area contributed by atoms with E-state index in [9.17, 15) is 0 Å². The van der Waals surface area contributed by atoms with E-state index in [4.69, 9.17) is 4.74 Å². The van der Waals surface area contributed by atoms with Crippen molar-refractivity contribution in [1.82, 2.24) is 9.13 Å². The molecule has 0 unspecified atom stereocenters. The SMILES string of the molecule is CC(C)(C)c1cccc(-c2cc3c4c(c2)-n2c5ccccc5c5c2c(cc2c6ccccc6n(-c6cc(C(C)(C)C)cc(C(C)(C)C)c6)c25)B4c2ccc4c(c2O3)-c2ccccc2C42c3ccccc3-c3ccccc32)c1. The fourth-order valence-electron chi connectivity index (χ4n) is 14.6. The van der Waals surface area contributed by atoms with Gasteiger partial charge in [-0.1, -0.05) is 220 Å². The van der Waals surface area contributed by atoms with Gasteiger partial charge in [0.1, 0.15) is 11.5 Å². The van der Waals surface area contributed by atoms with Crippen LogP contribution >= 0.6 is 0 Å². The summed E-state index contributed by atoms with van der Waals surface area (Å²) in [6, 6.07) is 74.6. The summed E-state index contributed by atoms with van der Waals surface area (Å²) >= 11 is 0. The molecular weight excluding hydrogens is 932 g/mol. The lowest BCUT2D eigenvalue weighted by Gasteiger charge is -2.36. The first-order chi connectivity index (χ1) is 37.1. The number of para-hydroxylation sites is 2. The van der Waals surface area contributed by atoms with Crippen molar-refractivity contribution in [2.75, 3.05) is 0 Å². The molecule has 0 saturated carbocycles. The van der Waals surface area contributed by atoms with Crippen LogP contribution in [0.5, 0.6) is 11.5 Å². The Labute approximate surface area is 451 Å². The van der Waals surface area contributed by atoms with Gasteiger partial charge in [0.05, 0.1) is 27.5 Å². The van der Waals surface area contributed by atoms with Gasteiger partial charge in [-0.25, -0.2) is 0 Å². The summed E-state index contributed by atoms with van der Waals surface area (Å²) < 4.78 is 13.1. The molecule has 370 valence electrons. The quantitative estimate of drug-likeness (QED) is 0.158. The normalized spacial score (nSPS) is 14.5. The number of rotatable bonds is 2. The van der Waals surface area contributed by atoms with E-state index in [1.54, 1.807) is 0 Å². The van der Waals surface area contributed by atoms with Crippen LogP contribution in [0.4, 0.5) is 0 Å². The van der Waals surface area contributed by atoms with Crippen LogP contribution in [-0.2, 0) is 21.7 Å². The van der Waals surface area contributed by atoms with Gasteiger partial charge >= 0.3 is 0 Å². The zero-order valence-corrected chi connectivity index (χ0v) is 45.4. The van der Waals surface area contributed by atoms with E-state index in [1.165, 1.54) is 138 Å². The van der Waals surface area contributed by atoms with Crippen molar-refractivity contribution in [3.8, 4) is 56.3 Å². The molecule has 0 saturated heterocycles. The molecule has 2 aliphatic carbocycles. The van der Waals surface area contributed by atoms with Crippen molar-refractivity contribution in [2.24, 2.45) is 0 Å². The third kappa shape index (κ3) is 5.83. The molecule has 16 rings (SSSR count). The lowest BCUT2D eigenvalue weighted by molar-refractivity contribution is 0.488. The summed E-state index contributed by atoms with van der Waals surface area (Å²) in [6.07, 6.45) is 0. The Morgan fingerprint density at radius 3 is 1.66 bits per heavy atom. The van der Waals surface area contributed by atoms with Gasteiger partial charge in [0, 0.05) is 38.5 Å². The lowest BCUT2D eigenvalue weighted by Crippen LogP contribution is -2.58. The van der Waals surface area contributed by atoms with Gasteiger partial charge in [0.25, 0.3) is 6.71 Å². The van der Waals surface area contributed by atoms with Gasteiger partial charge in [-0.3, -0.25) is 0 Å². The van der Waals surface area contributed by atoms with Gasteiger partial charge in [0.15, 0.2) is 0 Å².